The van der Waals surface area contributed by atoms with E-state index in [1.54, 1.807) is 26.4 Å². The van der Waals surface area contributed by atoms with E-state index in [1.807, 2.05) is 85.0 Å². The normalized spacial score (nSPS) is 17.3. The minimum Gasteiger partial charge on any atom is -0.504 e. The Labute approximate surface area is 228 Å². The van der Waals surface area contributed by atoms with E-state index in [1.165, 1.54) is 7.11 Å². The average Bonchev–Trinajstić information content (AvgIpc) is 3.32. The molecule has 0 fully saturated rings. The first-order valence-electron chi connectivity index (χ1n) is 12.8. The van der Waals surface area contributed by atoms with Crippen LogP contribution in [0.15, 0.2) is 107 Å². The highest BCUT2D eigenvalue weighted by Gasteiger charge is 2.28. The third kappa shape index (κ3) is 5.77. The zero-order valence-electron chi connectivity index (χ0n) is 22.3. The molecule has 0 radical (unpaired) electrons. The highest BCUT2D eigenvalue weighted by Crippen LogP contribution is 2.42. The van der Waals surface area contributed by atoms with Crippen LogP contribution in [0.5, 0.6) is 11.5 Å². The molecule has 3 aromatic carbocycles. The number of hydrogen-bond donors (Lipinski definition) is 1. The van der Waals surface area contributed by atoms with Gasteiger partial charge in [0.25, 0.3) is 0 Å². The fraction of sp³-hybridized carbons (Fsp3) is 0.212. The summed E-state index contributed by atoms with van der Waals surface area (Å²) in [4.78, 5) is 0. The van der Waals surface area contributed by atoms with Gasteiger partial charge in [0, 0.05) is 30.5 Å². The molecule has 1 aliphatic carbocycles. The molecule has 5 rings (SSSR count). The minimum absolute atomic E-state index is 0.0601. The van der Waals surface area contributed by atoms with Gasteiger partial charge in [-0.15, -0.1) is 0 Å². The Hall–Kier alpha value is -4.26. The van der Waals surface area contributed by atoms with E-state index in [0.717, 1.165) is 33.4 Å². The van der Waals surface area contributed by atoms with Crippen LogP contribution < -0.4 is 4.74 Å². The van der Waals surface area contributed by atoms with Crippen LogP contribution in [0.3, 0.4) is 0 Å². The molecule has 6 heteroatoms. The van der Waals surface area contributed by atoms with E-state index < -0.39 is 0 Å². The smallest absolute Gasteiger partial charge is 0.164 e. The van der Waals surface area contributed by atoms with Crippen molar-refractivity contribution in [1.29, 1.82) is 0 Å². The Kier molecular flexibility index (Phi) is 8.16. The molecular weight excluding hydrogens is 492 g/mol. The van der Waals surface area contributed by atoms with Crippen molar-refractivity contribution in [3.63, 3.8) is 0 Å². The highest BCUT2D eigenvalue weighted by atomic mass is 16.5. The maximum atomic E-state index is 10.5. The number of furan rings is 1. The second-order valence-corrected chi connectivity index (χ2v) is 9.20. The molecule has 1 aromatic heterocycles. The third-order valence-electron chi connectivity index (χ3n) is 6.79. The van der Waals surface area contributed by atoms with Gasteiger partial charge in [0.2, 0.25) is 0 Å². The zero-order chi connectivity index (χ0) is 27.2. The fourth-order valence-corrected chi connectivity index (χ4v) is 4.87. The Bertz CT molecular complexity index is 1500. The molecule has 1 aliphatic rings. The molecule has 39 heavy (non-hydrogen) atoms. The van der Waals surface area contributed by atoms with Crippen molar-refractivity contribution < 1.29 is 28.5 Å². The first-order valence-corrected chi connectivity index (χ1v) is 12.8. The van der Waals surface area contributed by atoms with Gasteiger partial charge >= 0.3 is 0 Å². The lowest BCUT2D eigenvalue weighted by atomic mass is 9.92. The van der Waals surface area contributed by atoms with Crippen molar-refractivity contribution in [2.45, 2.75) is 18.6 Å². The van der Waals surface area contributed by atoms with Gasteiger partial charge in [-0.25, -0.2) is 0 Å². The Morgan fingerprint density at radius 2 is 1.62 bits per heavy atom. The first kappa shape index (κ1) is 26.4. The lowest BCUT2D eigenvalue weighted by Crippen LogP contribution is -2.26. The minimum atomic E-state index is -0.341. The van der Waals surface area contributed by atoms with Crippen LogP contribution in [0.2, 0.25) is 0 Å². The number of phenolic OH excluding ortho intramolecular Hbond substituents is 1. The third-order valence-corrected chi connectivity index (χ3v) is 6.79. The van der Waals surface area contributed by atoms with Crippen LogP contribution in [-0.2, 0) is 20.6 Å². The van der Waals surface area contributed by atoms with E-state index >= 15 is 0 Å². The van der Waals surface area contributed by atoms with Crippen molar-refractivity contribution >= 4 is 17.0 Å². The number of methoxy groups -OCH3 is 3. The summed E-state index contributed by atoms with van der Waals surface area (Å²) in [6.07, 6.45) is 7.83. The van der Waals surface area contributed by atoms with E-state index in [2.05, 4.69) is 0 Å². The fourth-order valence-electron chi connectivity index (χ4n) is 4.87. The summed E-state index contributed by atoms with van der Waals surface area (Å²) < 4.78 is 29.4. The monoisotopic (exact) mass is 524 g/mol. The van der Waals surface area contributed by atoms with Crippen LogP contribution >= 0.6 is 0 Å². The second kappa shape index (κ2) is 12.1. The number of fused-ring (bicyclic) bond motifs is 1. The van der Waals surface area contributed by atoms with Gasteiger partial charge in [-0.05, 0) is 34.9 Å². The summed E-state index contributed by atoms with van der Waals surface area (Å²) in [7, 11) is 4.81. The number of aromatic hydroxyl groups is 1. The summed E-state index contributed by atoms with van der Waals surface area (Å²) in [5, 5.41) is 11.3. The van der Waals surface area contributed by atoms with Crippen molar-refractivity contribution in [2.24, 2.45) is 0 Å². The maximum Gasteiger partial charge on any atom is 0.164 e. The van der Waals surface area contributed by atoms with Crippen molar-refractivity contribution in [2.75, 3.05) is 27.9 Å². The number of phenols is 1. The van der Waals surface area contributed by atoms with E-state index in [-0.39, 0.29) is 18.0 Å². The highest BCUT2D eigenvalue weighted by molar-refractivity contribution is 5.97. The SMILES string of the molecule is COC1=C[C@H](OC/C=C\c2ccccc2)C(Cc2oc3cc(OC)c(O)cc3c2-c2ccccc2)=C[C@@H]1OC. The molecule has 0 amide bonds. The van der Waals surface area contributed by atoms with Gasteiger partial charge < -0.3 is 28.5 Å². The van der Waals surface area contributed by atoms with Gasteiger partial charge in [-0.1, -0.05) is 72.8 Å². The van der Waals surface area contributed by atoms with Gasteiger partial charge in [0.1, 0.15) is 29.3 Å². The molecule has 0 saturated carbocycles. The lowest BCUT2D eigenvalue weighted by Gasteiger charge is -2.27. The van der Waals surface area contributed by atoms with Crippen molar-refractivity contribution in [3.8, 4) is 22.6 Å². The molecule has 200 valence electrons. The number of rotatable bonds is 10. The van der Waals surface area contributed by atoms with Crippen molar-refractivity contribution in [1.82, 2.24) is 0 Å². The summed E-state index contributed by atoms with van der Waals surface area (Å²) in [6.45, 7) is 0.415. The second-order valence-electron chi connectivity index (χ2n) is 9.20. The predicted molar refractivity (Wildman–Crippen MR) is 153 cm³/mol. The van der Waals surface area contributed by atoms with Gasteiger partial charge in [-0.3, -0.25) is 0 Å². The molecule has 4 aromatic rings. The summed E-state index contributed by atoms with van der Waals surface area (Å²) >= 11 is 0. The predicted octanol–water partition coefficient (Wildman–Crippen LogP) is 6.94. The molecule has 1 heterocycles. The molecule has 0 unspecified atom stereocenters. The van der Waals surface area contributed by atoms with Crippen LogP contribution in [-0.4, -0.2) is 45.3 Å². The number of hydrogen-bond acceptors (Lipinski definition) is 6. The Morgan fingerprint density at radius 3 is 2.31 bits per heavy atom. The molecule has 0 saturated heterocycles. The van der Waals surface area contributed by atoms with Crippen LogP contribution in [0.4, 0.5) is 0 Å². The number of ether oxygens (including phenoxy) is 4. The molecular formula is C33H32O6. The molecule has 0 aliphatic heterocycles. The van der Waals surface area contributed by atoms with E-state index in [9.17, 15) is 5.11 Å². The largest absolute Gasteiger partial charge is 0.504 e. The van der Waals surface area contributed by atoms with Gasteiger partial charge in [-0.2, -0.15) is 0 Å². The average molecular weight is 525 g/mol. The summed E-state index contributed by atoms with van der Waals surface area (Å²) in [6, 6.07) is 23.5. The summed E-state index contributed by atoms with van der Waals surface area (Å²) in [5.41, 5.74) is 4.65. The molecule has 2 atom stereocenters. The molecule has 6 nitrogen and oxygen atoms in total. The van der Waals surface area contributed by atoms with Crippen molar-refractivity contribution in [3.05, 3.63) is 114 Å². The molecule has 0 spiro atoms. The topological polar surface area (TPSA) is 70.3 Å². The standard InChI is InChI=1S/C33H32O6/c1-35-29-21-28-25(19-26(29)34)33(23-14-8-5-9-15-23)32(39-28)18-24-17-30(36-2)31(37-3)20-27(24)38-16-10-13-22-11-6-4-7-12-22/h4-15,17,19-21,27,30,34H,16,18H2,1-3H3/b13-10-/t27-,30-/m0/s1. The van der Waals surface area contributed by atoms with Crippen LogP contribution in [0, 0.1) is 0 Å². The quantitative estimate of drug-likeness (QED) is 0.227. The Balaban J connectivity index is 1.50. The van der Waals surface area contributed by atoms with Crippen LogP contribution in [0.1, 0.15) is 11.3 Å². The summed E-state index contributed by atoms with van der Waals surface area (Å²) in [5.74, 6) is 1.87. The van der Waals surface area contributed by atoms with E-state index in [0.29, 0.717) is 30.1 Å². The lowest BCUT2D eigenvalue weighted by molar-refractivity contribution is 0.0837. The zero-order valence-corrected chi connectivity index (χ0v) is 22.3. The number of benzene rings is 3. The van der Waals surface area contributed by atoms with E-state index in [4.69, 9.17) is 23.4 Å². The maximum absolute atomic E-state index is 10.5. The van der Waals surface area contributed by atoms with Crippen LogP contribution in [0.25, 0.3) is 28.2 Å². The first-order chi connectivity index (χ1) is 19.1. The van der Waals surface area contributed by atoms with Gasteiger partial charge in [0.15, 0.2) is 11.5 Å². The van der Waals surface area contributed by atoms with Gasteiger partial charge in [0.05, 0.1) is 20.8 Å². The molecule has 0 bridgehead atoms. The Morgan fingerprint density at radius 1 is 0.872 bits per heavy atom. The molecule has 1 N–H and O–H groups in total.